The Morgan fingerprint density at radius 1 is 1.20 bits per heavy atom. The third kappa shape index (κ3) is 4.47. The Morgan fingerprint density at radius 2 is 1.92 bits per heavy atom. The van der Waals surface area contributed by atoms with Crippen molar-refractivity contribution in [3.8, 4) is 5.75 Å². The minimum Gasteiger partial charge on any atom is -0.497 e. The fourth-order valence-corrected chi connectivity index (χ4v) is 3.94. The number of halogens is 4. The van der Waals surface area contributed by atoms with Gasteiger partial charge in [0.25, 0.3) is 0 Å². The Labute approximate surface area is 155 Å². The van der Waals surface area contributed by atoms with E-state index in [2.05, 4.69) is 10.2 Å². The van der Waals surface area contributed by atoms with Crippen LogP contribution in [-0.4, -0.2) is 38.2 Å². The zero-order valence-electron chi connectivity index (χ0n) is 13.7. The molecule has 8 heteroatoms. The predicted octanol–water partition coefficient (Wildman–Crippen LogP) is 4.19. The molecule has 2 aromatic rings. The normalized spacial score (nSPS) is 17.0. The van der Waals surface area contributed by atoms with Gasteiger partial charge in [0.05, 0.1) is 18.7 Å². The molecule has 1 saturated heterocycles. The summed E-state index contributed by atoms with van der Waals surface area (Å²) in [6.45, 7) is 2.98. The van der Waals surface area contributed by atoms with Crippen molar-refractivity contribution in [3.05, 3.63) is 51.7 Å². The van der Waals surface area contributed by atoms with Crippen LogP contribution in [0.1, 0.15) is 22.0 Å². The van der Waals surface area contributed by atoms with E-state index in [1.807, 2.05) is 17.5 Å². The largest absolute Gasteiger partial charge is 0.497 e. The first-order chi connectivity index (χ1) is 11.5. The Balaban J connectivity index is 0.00000225. The van der Waals surface area contributed by atoms with E-state index < -0.39 is 17.8 Å². The van der Waals surface area contributed by atoms with E-state index in [1.54, 1.807) is 12.1 Å². The van der Waals surface area contributed by atoms with E-state index in [-0.39, 0.29) is 23.7 Å². The number of thiophene rings is 1. The second-order valence-electron chi connectivity index (χ2n) is 5.65. The Bertz CT molecular complexity index is 673. The summed E-state index contributed by atoms with van der Waals surface area (Å²) in [5.74, 6) is 0.219. The molecule has 0 amide bonds. The maximum absolute atomic E-state index is 13.7. The molecular weight excluding hydrogens is 373 g/mol. The van der Waals surface area contributed by atoms with Gasteiger partial charge in [0.2, 0.25) is 0 Å². The summed E-state index contributed by atoms with van der Waals surface area (Å²) in [4.78, 5) is 3.03. The number of piperazine rings is 1. The first-order valence-corrected chi connectivity index (χ1v) is 8.62. The van der Waals surface area contributed by atoms with Gasteiger partial charge in [-0.15, -0.1) is 23.7 Å². The monoisotopic (exact) mass is 392 g/mol. The zero-order valence-corrected chi connectivity index (χ0v) is 15.3. The second kappa shape index (κ2) is 8.40. The SMILES string of the molecule is COc1ccc([C@H](c2cccs2)N2CCNCC2)c(C(F)(F)F)c1.Cl. The molecule has 1 atom stereocenters. The van der Waals surface area contributed by atoms with Gasteiger partial charge in [-0.05, 0) is 29.1 Å². The van der Waals surface area contributed by atoms with Crippen LogP contribution >= 0.6 is 23.7 Å². The fraction of sp³-hybridized carbons (Fsp3) is 0.412. The third-order valence-corrected chi connectivity index (χ3v) is 5.11. The van der Waals surface area contributed by atoms with E-state index in [9.17, 15) is 13.2 Å². The number of nitrogens with zero attached hydrogens (tertiary/aromatic N) is 1. The molecule has 25 heavy (non-hydrogen) atoms. The number of methoxy groups -OCH3 is 1. The predicted molar refractivity (Wildman–Crippen MR) is 95.8 cm³/mol. The maximum atomic E-state index is 13.7. The van der Waals surface area contributed by atoms with Crippen LogP contribution in [0.2, 0.25) is 0 Å². The van der Waals surface area contributed by atoms with Crippen molar-refractivity contribution in [2.45, 2.75) is 12.2 Å². The van der Waals surface area contributed by atoms with Gasteiger partial charge in [-0.3, -0.25) is 4.90 Å². The van der Waals surface area contributed by atoms with Gasteiger partial charge in [0, 0.05) is 31.1 Å². The summed E-state index contributed by atoms with van der Waals surface area (Å²) in [5.41, 5.74) is -0.341. The number of hydrogen-bond acceptors (Lipinski definition) is 4. The van der Waals surface area contributed by atoms with Crippen molar-refractivity contribution in [3.63, 3.8) is 0 Å². The standard InChI is InChI=1S/C17H19F3N2OS.ClH/c1-23-12-4-5-13(14(11-12)17(18,19)20)16(15-3-2-10-24-15)22-8-6-21-7-9-22;/h2-5,10-11,16,21H,6-9H2,1H3;1H/t16-;/m1./s1. The van der Waals surface area contributed by atoms with Crippen LogP contribution in [-0.2, 0) is 6.18 Å². The number of benzene rings is 1. The van der Waals surface area contributed by atoms with Crippen LogP contribution < -0.4 is 10.1 Å². The van der Waals surface area contributed by atoms with E-state index in [0.29, 0.717) is 13.1 Å². The molecule has 1 aliphatic heterocycles. The molecule has 3 rings (SSSR count). The first kappa shape index (κ1) is 20.0. The number of nitrogens with one attached hydrogen (secondary N) is 1. The van der Waals surface area contributed by atoms with Gasteiger partial charge < -0.3 is 10.1 Å². The Hall–Kier alpha value is -1.28. The minimum atomic E-state index is -4.42. The summed E-state index contributed by atoms with van der Waals surface area (Å²) < 4.78 is 46.0. The van der Waals surface area contributed by atoms with Crippen molar-refractivity contribution >= 4 is 23.7 Å². The minimum absolute atomic E-state index is 0. The molecule has 1 aromatic carbocycles. The summed E-state index contributed by atoms with van der Waals surface area (Å²) in [6.07, 6.45) is -4.42. The number of ether oxygens (including phenoxy) is 1. The lowest BCUT2D eigenvalue weighted by Gasteiger charge is -2.36. The van der Waals surface area contributed by atoms with Gasteiger partial charge in [-0.1, -0.05) is 12.1 Å². The van der Waals surface area contributed by atoms with Crippen LogP contribution in [0, 0.1) is 0 Å². The summed E-state index contributed by atoms with van der Waals surface area (Å²) in [5, 5.41) is 5.15. The molecule has 1 aliphatic rings. The summed E-state index contributed by atoms with van der Waals surface area (Å²) >= 11 is 1.49. The van der Waals surface area contributed by atoms with E-state index >= 15 is 0 Å². The number of alkyl halides is 3. The number of rotatable bonds is 4. The van der Waals surface area contributed by atoms with Gasteiger partial charge in [0.15, 0.2) is 0 Å². The van der Waals surface area contributed by atoms with E-state index in [0.717, 1.165) is 24.0 Å². The van der Waals surface area contributed by atoms with E-state index in [4.69, 9.17) is 4.74 Å². The molecule has 0 aliphatic carbocycles. The number of hydrogen-bond donors (Lipinski definition) is 1. The van der Waals surface area contributed by atoms with Gasteiger partial charge in [0.1, 0.15) is 5.75 Å². The zero-order chi connectivity index (χ0) is 17.2. The van der Waals surface area contributed by atoms with Crippen LogP contribution in [0.25, 0.3) is 0 Å². The Kier molecular flexibility index (Phi) is 6.73. The van der Waals surface area contributed by atoms with Gasteiger partial charge in [-0.2, -0.15) is 13.2 Å². The summed E-state index contributed by atoms with van der Waals surface area (Å²) in [7, 11) is 1.38. The molecule has 0 spiro atoms. The van der Waals surface area contributed by atoms with Crippen molar-refractivity contribution < 1.29 is 17.9 Å². The molecule has 1 N–H and O–H groups in total. The van der Waals surface area contributed by atoms with Crippen LogP contribution in [0.3, 0.4) is 0 Å². The fourth-order valence-electron chi connectivity index (χ4n) is 3.06. The van der Waals surface area contributed by atoms with Crippen molar-refractivity contribution in [2.24, 2.45) is 0 Å². The highest BCUT2D eigenvalue weighted by atomic mass is 35.5. The topological polar surface area (TPSA) is 24.5 Å². The molecule has 3 nitrogen and oxygen atoms in total. The smallest absolute Gasteiger partial charge is 0.416 e. The molecule has 1 aromatic heterocycles. The van der Waals surface area contributed by atoms with Crippen molar-refractivity contribution in [1.82, 2.24) is 10.2 Å². The lowest BCUT2D eigenvalue weighted by atomic mass is 9.96. The molecular formula is C17H20ClF3N2OS. The molecule has 0 saturated carbocycles. The molecule has 2 heterocycles. The van der Waals surface area contributed by atoms with Crippen LogP contribution in [0.4, 0.5) is 13.2 Å². The maximum Gasteiger partial charge on any atom is 0.416 e. The average molecular weight is 393 g/mol. The molecule has 0 radical (unpaired) electrons. The molecule has 1 fully saturated rings. The second-order valence-corrected chi connectivity index (χ2v) is 6.63. The molecule has 138 valence electrons. The summed E-state index contributed by atoms with van der Waals surface area (Å²) in [6, 6.07) is 7.64. The lowest BCUT2D eigenvalue weighted by Crippen LogP contribution is -2.45. The molecule has 0 unspecified atom stereocenters. The highest BCUT2D eigenvalue weighted by molar-refractivity contribution is 7.10. The average Bonchev–Trinajstić information content (AvgIpc) is 3.09. The van der Waals surface area contributed by atoms with Crippen molar-refractivity contribution in [1.29, 1.82) is 0 Å². The third-order valence-electron chi connectivity index (χ3n) is 4.19. The molecule has 0 bridgehead atoms. The van der Waals surface area contributed by atoms with E-state index in [1.165, 1.54) is 18.4 Å². The first-order valence-electron chi connectivity index (χ1n) is 7.74. The quantitative estimate of drug-likeness (QED) is 0.844. The van der Waals surface area contributed by atoms with Gasteiger partial charge in [-0.25, -0.2) is 0 Å². The highest BCUT2D eigenvalue weighted by Crippen LogP contribution is 2.41. The highest BCUT2D eigenvalue weighted by Gasteiger charge is 2.38. The van der Waals surface area contributed by atoms with Crippen LogP contribution in [0.15, 0.2) is 35.7 Å². The lowest BCUT2D eigenvalue weighted by molar-refractivity contribution is -0.138. The van der Waals surface area contributed by atoms with Crippen LogP contribution in [0.5, 0.6) is 5.75 Å². The Morgan fingerprint density at radius 3 is 2.48 bits per heavy atom. The van der Waals surface area contributed by atoms with Crippen molar-refractivity contribution in [2.75, 3.05) is 33.3 Å². The van der Waals surface area contributed by atoms with Gasteiger partial charge >= 0.3 is 6.18 Å².